The minimum atomic E-state index is -0.893. The van der Waals surface area contributed by atoms with E-state index in [1.807, 2.05) is 13.0 Å². The third kappa shape index (κ3) is 2.49. The number of rotatable bonds is 3. The largest absolute Gasteiger partial charge is 0.319 e. The normalized spacial score (nSPS) is 12.5. The van der Waals surface area contributed by atoms with Crippen LogP contribution in [0.5, 0.6) is 0 Å². The third-order valence-corrected chi connectivity index (χ3v) is 3.23. The van der Waals surface area contributed by atoms with Crippen molar-refractivity contribution in [2.45, 2.75) is 26.3 Å². The fourth-order valence-electron chi connectivity index (χ4n) is 2.13. The zero-order valence-electron chi connectivity index (χ0n) is 11.0. The van der Waals surface area contributed by atoms with Crippen molar-refractivity contribution in [2.24, 2.45) is 5.73 Å². The van der Waals surface area contributed by atoms with Crippen molar-refractivity contribution >= 4 is 0 Å². The zero-order valence-corrected chi connectivity index (χ0v) is 11.0. The molecule has 0 aliphatic heterocycles. The second-order valence-electron chi connectivity index (χ2n) is 4.47. The van der Waals surface area contributed by atoms with E-state index in [1.54, 1.807) is 19.2 Å². The lowest BCUT2D eigenvalue weighted by Gasteiger charge is -2.17. The van der Waals surface area contributed by atoms with E-state index < -0.39 is 17.7 Å². The maximum atomic E-state index is 14.1. The van der Waals surface area contributed by atoms with Crippen molar-refractivity contribution in [1.29, 1.82) is 0 Å². The van der Waals surface area contributed by atoms with Crippen molar-refractivity contribution in [1.82, 2.24) is 4.98 Å². The molecule has 0 bridgehead atoms. The van der Waals surface area contributed by atoms with E-state index in [1.165, 1.54) is 12.1 Å². The Bertz CT molecular complexity index is 597. The van der Waals surface area contributed by atoms with E-state index in [0.717, 1.165) is 5.56 Å². The molecule has 1 aromatic carbocycles. The molecule has 0 saturated carbocycles. The van der Waals surface area contributed by atoms with Crippen LogP contribution in [0.4, 0.5) is 8.78 Å². The maximum absolute atomic E-state index is 14.1. The number of nitrogens with two attached hydrogens (primary N) is 1. The van der Waals surface area contributed by atoms with Gasteiger partial charge in [-0.15, -0.1) is 0 Å². The van der Waals surface area contributed by atoms with Gasteiger partial charge in [-0.2, -0.15) is 0 Å². The topological polar surface area (TPSA) is 38.9 Å². The van der Waals surface area contributed by atoms with Crippen LogP contribution in [0, 0.1) is 18.6 Å². The average molecular weight is 262 g/mol. The van der Waals surface area contributed by atoms with Crippen molar-refractivity contribution < 1.29 is 8.78 Å². The Morgan fingerprint density at radius 2 is 2.00 bits per heavy atom. The van der Waals surface area contributed by atoms with Gasteiger partial charge in [-0.05, 0) is 36.6 Å². The van der Waals surface area contributed by atoms with Crippen LogP contribution in [-0.4, -0.2) is 4.98 Å². The highest BCUT2D eigenvalue weighted by Gasteiger charge is 2.22. The highest BCUT2D eigenvalue weighted by atomic mass is 19.1. The van der Waals surface area contributed by atoms with Gasteiger partial charge in [0.05, 0.1) is 11.7 Å². The lowest BCUT2D eigenvalue weighted by molar-refractivity contribution is 0.535. The average Bonchev–Trinajstić information content (AvgIpc) is 2.43. The van der Waals surface area contributed by atoms with Crippen LogP contribution in [0.25, 0.3) is 0 Å². The van der Waals surface area contributed by atoms with E-state index in [4.69, 9.17) is 5.73 Å². The van der Waals surface area contributed by atoms with Gasteiger partial charge in [0.15, 0.2) is 0 Å². The van der Waals surface area contributed by atoms with Crippen LogP contribution >= 0.6 is 0 Å². The monoisotopic (exact) mass is 262 g/mol. The van der Waals surface area contributed by atoms with E-state index in [-0.39, 0.29) is 5.56 Å². The Hall–Kier alpha value is -1.81. The fraction of sp³-hybridized carbons (Fsp3) is 0.267. The van der Waals surface area contributed by atoms with Crippen molar-refractivity contribution in [3.05, 3.63) is 64.5 Å². The number of pyridine rings is 1. The quantitative estimate of drug-likeness (QED) is 0.922. The molecule has 0 aliphatic rings. The molecule has 0 saturated heterocycles. The van der Waals surface area contributed by atoms with Gasteiger partial charge in [0.2, 0.25) is 0 Å². The number of benzene rings is 1. The maximum Gasteiger partial charge on any atom is 0.134 e. The predicted octanol–water partition coefficient (Wildman–Crippen LogP) is 3.28. The first-order valence-corrected chi connectivity index (χ1v) is 6.20. The Balaban J connectivity index is 2.56. The van der Waals surface area contributed by atoms with Gasteiger partial charge in [0.25, 0.3) is 0 Å². The number of nitrogens with zero attached hydrogens (tertiary/aromatic N) is 1. The van der Waals surface area contributed by atoms with E-state index in [9.17, 15) is 8.78 Å². The summed E-state index contributed by atoms with van der Waals surface area (Å²) in [5.74, 6) is -1.23. The van der Waals surface area contributed by atoms with Crippen LogP contribution < -0.4 is 5.73 Å². The Labute approximate surface area is 111 Å². The van der Waals surface area contributed by atoms with Crippen LogP contribution in [0.1, 0.15) is 35.3 Å². The van der Waals surface area contributed by atoms with Gasteiger partial charge in [-0.3, -0.25) is 4.98 Å². The molecule has 0 radical (unpaired) electrons. The predicted molar refractivity (Wildman–Crippen MR) is 70.7 cm³/mol. The summed E-state index contributed by atoms with van der Waals surface area (Å²) >= 11 is 0. The molecule has 1 atom stereocenters. The van der Waals surface area contributed by atoms with E-state index in [2.05, 4.69) is 4.98 Å². The summed E-state index contributed by atoms with van der Waals surface area (Å²) in [4.78, 5) is 4.18. The van der Waals surface area contributed by atoms with Gasteiger partial charge < -0.3 is 5.73 Å². The molecule has 0 aliphatic carbocycles. The zero-order chi connectivity index (χ0) is 14.0. The standard InChI is InChI=1S/C15H16F2N2/c1-3-10-5-4-8-19-15(10)14(18)12-11(16)7-6-9(2)13(12)17/h4-8,14H,3,18H2,1-2H3. The molecule has 2 N–H and O–H groups in total. The minimum absolute atomic E-state index is 0.117. The number of hydrogen-bond acceptors (Lipinski definition) is 2. The Morgan fingerprint density at radius 3 is 2.68 bits per heavy atom. The molecule has 0 fully saturated rings. The van der Waals surface area contributed by atoms with Crippen molar-refractivity contribution in [2.75, 3.05) is 0 Å². The minimum Gasteiger partial charge on any atom is -0.319 e. The van der Waals surface area contributed by atoms with Gasteiger partial charge in [-0.25, -0.2) is 8.78 Å². The summed E-state index contributed by atoms with van der Waals surface area (Å²) in [6.45, 7) is 3.54. The summed E-state index contributed by atoms with van der Waals surface area (Å²) in [5.41, 5.74) is 7.70. The number of hydrogen-bond donors (Lipinski definition) is 1. The third-order valence-electron chi connectivity index (χ3n) is 3.23. The molecule has 1 unspecified atom stereocenters. The lowest BCUT2D eigenvalue weighted by Crippen LogP contribution is -2.19. The molecule has 2 aromatic rings. The van der Waals surface area contributed by atoms with Crippen LogP contribution in [0.3, 0.4) is 0 Å². The van der Waals surface area contributed by atoms with Crippen LogP contribution in [0.2, 0.25) is 0 Å². The number of halogens is 2. The Morgan fingerprint density at radius 1 is 1.26 bits per heavy atom. The first kappa shape index (κ1) is 13.6. The highest BCUT2D eigenvalue weighted by molar-refractivity contribution is 5.36. The van der Waals surface area contributed by atoms with Gasteiger partial charge in [-0.1, -0.05) is 19.1 Å². The number of aromatic nitrogens is 1. The van der Waals surface area contributed by atoms with Crippen LogP contribution in [0.15, 0.2) is 30.5 Å². The molecule has 19 heavy (non-hydrogen) atoms. The van der Waals surface area contributed by atoms with E-state index >= 15 is 0 Å². The first-order chi connectivity index (χ1) is 9.06. The first-order valence-electron chi connectivity index (χ1n) is 6.20. The summed E-state index contributed by atoms with van der Waals surface area (Å²) in [6, 6.07) is 5.41. The fourth-order valence-corrected chi connectivity index (χ4v) is 2.13. The SMILES string of the molecule is CCc1cccnc1C(N)c1c(F)ccc(C)c1F. The summed E-state index contributed by atoms with van der Waals surface area (Å²) in [6.07, 6.45) is 2.30. The van der Waals surface area contributed by atoms with Crippen LogP contribution in [-0.2, 0) is 6.42 Å². The Kier molecular flexibility index (Phi) is 3.90. The molecular formula is C15H16F2N2. The molecule has 2 nitrogen and oxygen atoms in total. The second-order valence-corrected chi connectivity index (χ2v) is 4.47. The van der Waals surface area contributed by atoms with Gasteiger partial charge in [0.1, 0.15) is 11.6 Å². The molecule has 0 spiro atoms. The molecule has 0 amide bonds. The molecule has 2 rings (SSSR count). The second kappa shape index (κ2) is 5.45. The molecular weight excluding hydrogens is 246 g/mol. The molecule has 1 heterocycles. The van der Waals surface area contributed by atoms with Crippen molar-refractivity contribution in [3.8, 4) is 0 Å². The summed E-state index contributed by atoms with van der Waals surface area (Å²) < 4.78 is 27.9. The highest BCUT2D eigenvalue weighted by Crippen LogP contribution is 2.27. The van der Waals surface area contributed by atoms with Gasteiger partial charge >= 0.3 is 0 Å². The number of aryl methyl sites for hydroxylation is 2. The van der Waals surface area contributed by atoms with Gasteiger partial charge in [0, 0.05) is 11.8 Å². The summed E-state index contributed by atoms with van der Waals surface area (Å²) in [7, 11) is 0. The summed E-state index contributed by atoms with van der Waals surface area (Å²) in [5, 5.41) is 0. The molecule has 4 heteroatoms. The molecule has 100 valence electrons. The van der Waals surface area contributed by atoms with E-state index in [0.29, 0.717) is 17.7 Å². The lowest BCUT2D eigenvalue weighted by atomic mass is 9.96. The van der Waals surface area contributed by atoms with Crippen molar-refractivity contribution in [3.63, 3.8) is 0 Å². The molecule has 1 aromatic heterocycles. The smallest absolute Gasteiger partial charge is 0.134 e.